The summed E-state index contributed by atoms with van der Waals surface area (Å²) in [6.07, 6.45) is -2.97. The van der Waals surface area contributed by atoms with Gasteiger partial charge in [-0.3, -0.25) is 0 Å². The monoisotopic (exact) mass is 464 g/mol. The SMILES string of the molecule is COC1OC(CO)[C@H](OCc2ccccc2)C(OCc2ccccc2)C1OCc1ccccc1. The molecule has 34 heavy (non-hydrogen) atoms. The first-order valence-electron chi connectivity index (χ1n) is 11.5. The van der Waals surface area contributed by atoms with Crippen LogP contribution in [0.2, 0.25) is 0 Å². The van der Waals surface area contributed by atoms with Gasteiger partial charge in [-0.25, -0.2) is 0 Å². The molecule has 4 unspecified atom stereocenters. The molecule has 0 aliphatic carbocycles. The molecule has 0 radical (unpaired) electrons. The first kappa shape index (κ1) is 24.5. The second-order valence-electron chi connectivity index (χ2n) is 8.24. The predicted molar refractivity (Wildman–Crippen MR) is 128 cm³/mol. The van der Waals surface area contributed by atoms with E-state index in [1.54, 1.807) is 7.11 Å². The number of rotatable bonds is 11. The summed E-state index contributed by atoms with van der Waals surface area (Å²) in [6.45, 7) is 0.876. The fourth-order valence-corrected chi connectivity index (χ4v) is 4.08. The molecule has 4 rings (SSSR count). The number of hydrogen-bond acceptors (Lipinski definition) is 6. The van der Waals surface area contributed by atoms with Crippen LogP contribution in [0.1, 0.15) is 16.7 Å². The minimum absolute atomic E-state index is 0.226. The van der Waals surface area contributed by atoms with Crippen LogP contribution in [0.25, 0.3) is 0 Å². The third-order valence-electron chi connectivity index (χ3n) is 5.86. The molecular formula is C28H32O6. The highest BCUT2D eigenvalue weighted by atomic mass is 16.7. The van der Waals surface area contributed by atoms with Crippen molar-refractivity contribution in [3.8, 4) is 0 Å². The lowest BCUT2D eigenvalue weighted by molar-refractivity contribution is -0.321. The molecule has 1 aliphatic rings. The van der Waals surface area contributed by atoms with Gasteiger partial charge in [0.25, 0.3) is 0 Å². The maximum absolute atomic E-state index is 10.1. The highest BCUT2D eigenvalue weighted by molar-refractivity contribution is 5.15. The summed E-state index contributed by atoms with van der Waals surface area (Å²) in [5, 5.41) is 10.1. The molecule has 3 aromatic rings. The van der Waals surface area contributed by atoms with Gasteiger partial charge in [0.2, 0.25) is 0 Å². The molecule has 180 valence electrons. The van der Waals surface area contributed by atoms with Crippen molar-refractivity contribution in [1.29, 1.82) is 0 Å². The van der Waals surface area contributed by atoms with Gasteiger partial charge in [-0.05, 0) is 16.7 Å². The number of hydrogen-bond donors (Lipinski definition) is 1. The summed E-state index contributed by atoms with van der Waals surface area (Å²) in [5.41, 5.74) is 3.09. The second-order valence-corrected chi connectivity index (χ2v) is 8.24. The number of methoxy groups -OCH3 is 1. The molecule has 0 spiro atoms. The van der Waals surface area contributed by atoms with Crippen LogP contribution >= 0.6 is 0 Å². The van der Waals surface area contributed by atoms with Crippen molar-refractivity contribution >= 4 is 0 Å². The van der Waals surface area contributed by atoms with Crippen LogP contribution in [-0.2, 0) is 43.5 Å². The molecule has 1 aliphatic heterocycles. The molecule has 1 fully saturated rings. The summed E-state index contributed by atoms with van der Waals surface area (Å²) in [7, 11) is 1.57. The van der Waals surface area contributed by atoms with Crippen LogP contribution in [0.15, 0.2) is 91.0 Å². The molecule has 0 bridgehead atoms. The van der Waals surface area contributed by atoms with Gasteiger partial charge in [0.15, 0.2) is 6.29 Å². The van der Waals surface area contributed by atoms with Crippen LogP contribution in [-0.4, -0.2) is 49.5 Å². The Hall–Kier alpha value is -2.58. The van der Waals surface area contributed by atoms with Crippen LogP contribution in [0, 0.1) is 0 Å². The van der Waals surface area contributed by atoms with Crippen molar-refractivity contribution in [2.24, 2.45) is 0 Å². The quantitative estimate of drug-likeness (QED) is 0.461. The van der Waals surface area contributed by atoms with E-state index in [4.69, 9.17) is 23.7 Å². The summed E-state index contributed by atoms with van der Waals surface area (Å²) in [4.78, 5) is 0. The van der Waals surface area contributed by atoms with Crippen molar-refractivity contribution in [2.75, 3.05) is 13.7 Å². The smallest absolute Gasteiger partial charge is 0.186 e. The van der Waals surface area contributed by atoms with E-state index in [2.05, 4.69) is 0 Å². The van der Waals surface area contributed by atoms with E-state index in [1.165, 1.54) is 0 Å². The minimum atomic E-state index is -0.710. The molecule has 0 aromatic heterocycles. The Morgan fingerprint density at radius 2 is 1.03 bits per heavy atom. The van der Waals surface area contributed by atoms with E-state index < -0.39 is 30.7 Å². The number of aliphatic hydroxyl groups excluding tert-OH is 1. The summed E-state index contributed by atoms with van der Waals surface area (Å²) >= 11 is 0. The summed E-state index contributed by atoms with van der Waals surface area (Å²) < 4.78 is 30.7. The van der Waals surface area contributed by atoms with E-state index in [9.17, 15) is 5.11 Å². The Morgan fingerprint density at radius 3 is 1.44 bits per heavy atom. The second kappa shape index (κ2) is 12.8. The number of aliphatic hydroxyl groups is 1. The fraction of sp³-hybridized carbons (Fsp3) is 0.357. The van der Waals surface area contributed by atoms with Crippen molar-refractivity contribution in [3.05, 3.63) is 108 Å². The summed E-state index contributed by atoms with van der Waals surface area (Å²) in [6, 6.07) is 29.8. The third kappa shape index (κ3) is 6.51. The van der Waals surface area contributed by atoms with Crippen LogP contribution in [0.5, 0.6) is 0 Å². The lowest BCUT2D eigenvalue weighted by Gasteiger charge is -2.45. The first-order chi connectivity index (χ1) is 16.8. The molecule has 3 aromatic carbocycles. The Balaban J connectivity index is 1.56. The Bertz CT molecular complexity index is 895. The molecule has 6 nitrogen and oxygen atoms in total. The third-order valence-corrected chi connectivity index (χ3v) is 5.86. The maximum atomic E-state index is 10.1. The molecule has 0 saturated carbocycles. The van der Waals surface area contributed by atoms with Crippen LogP contribution in [0.3, 0.4) is 0 Å². The largest absolute Gasteiger partial charge is 0.394 e. The highest BCUT2D eigenvalue weighted by Gasteiger charge is 2.48. The van der Waals surface area contributed by atoms with Gasteiger partial charge in [0.05, 0.1) is 26.4 Å². The average molecular weight is 465 g/mol. The lowest BCUT2D eigenvalue weighted by Crippen LogP contribution is -2.61. The zero-order valence-electron chi connectivity index (χ0n) is 19.4. The van der Waals surface area contributed by atoms with E-state index in [-0.39, 0.29) is 6.61 Å². The molecule has 1 N–H and O–H groups in total. The summed E-state index contributed by atoms with van der Waals surface area (Å²) in [5.74, 6) is 0. The standard InChI is InChI=1S/C28H32O6/c1-30-28-27(33-20-23-15-9-4-10-16-23)26(32-19-22-13-7-3-8-14-22)25(24(17-29)34-28)31-18-21-11-5-2-6-12-21/h2-16,24-29H,17-20H2,1H3/t24?,25-,26?,27?,28?/m0/s1. The topological polar surface area (TPSA) is 66.4 Å². The van der Waals surface area contributed by atoms with E-state index in [0.717, 1.165) is 16.7 Å². The molecule has 1 heterocycles. The fourth-order valence-electron chi connectivity index (χ4n) is 4.08. The Morgan fingerprint density at radius 1 is 0.618 bits per heavy atom. The lowest BCUT2D eigenvalue weighted by atomic mass is 9.98. The van der Waals surface area contributed by atoms with Gasteiger partial charge in [0, 0.05) is 7.11 Å². The number of benzene rings is 3. The van der Waals surface area contributed by atoms with Gasteiger partial charge in [-0.2, -0.15) is 0 Å². The van der Waals surface area contributed by atoms with E-state index in [1.807, 2.05) is 91.0 Å². The van der Waals surface area contributed by atoms with Gasteiger partial charge < -0.3 is 28.8 Å². The minimum Gasteiger partial charge on any atom is -0.394 e. The zero-order valence-corrected chi connectivity index (χ0v) is 19.4. The maximum Gasteiger partial charge on any atom is 0.186 e. The van der Waals surface area contributed by atoms with Crippen molar-refractivity contribution < 1.29 is 28.8 Å². The predicted octanol–water partition coefficient (Wildman–Crippen LogP) is 4.11. The number of ether oxygens (including phenoxy) is 5. The van der Waals surface area contributed by atoms with E-state index in [0.29, 0.717) is 19.8 Å². The first-order valence-corrected chi connectivity index (χ1v) is 11.5. The average Bonchev–Trinajstić information content (AvgIpc) is 2.91. The van der Waals surface area contributed by atoms with Gasteiger partial charge in [0.1, 0.15) is 24.4 Å². The van der Waals surface area contributed by atoms with E-state index >= 15 is 0 Å². The Kier molecular flexibility index (Phi) is 9.21. The van der Waals surface area contributed by atoms with Crippen molar-refractivity contribution in [1.82, 2.24) is 0 Å². The van der Waals surface area contributed by atoms with Gasteiger partial charge in [-0.15, -0.1) is 0 Å². The highest BCUT2D eigenvalue weighted by Crippen LogP contribution is 2.30. The molecule has 6 heteroatoms. The normalized spacial score (nSPS) is 24.7. The van der Waals surface area contributed by atoms with Crippen molar-refractivity contribution in [3.63, 3.8) is 0 Å². The molecule has 1 saturated heterocycles. The molecule has 0 amide bonds. The van der Waals surface area contributed by atoms with Gasteiger partial charge >= 0.3 is 0 Å². The zero-order chi connectivity index (χ0) is 23.6. The van der Waals surface area contributed by atoms with Crippen LogP contribution < -0.4 is 0 Å². The molecular weight excluding hydrogens is 432 g/mol. The molecule has 5 atom stereocenters. The Labute approximate surface area is 201 Å². The van der Waals surface area contributed by atoms with Crippen LogP contribution in [0.4, 0.5) is 0 Å². The van der Waals surface area contributed by atoms with Crippen molar-refractivity contribution in [2.45, 2.75) is 50.5 Å². The van der Waals surface area contributed by atoms with Gasteiger partial charge in [-0.1, -0.05) is 91.0 Å².